The Balaban J connectivity index is 1.86. The van der Waals surface area contributed by atoms with Crippen LogP contribution in [0.2, 0.25) is 0 Å². The molecule has 0 saturated carbocycles. The molecule has 31 heavy (non-hydrogen) atoms. The fourth-order valence-electron chi connectivity index (χ4n) is 3.07. The van der Waals surface area contributed by atoms with Crippen molar-refractivity contribution in [2.45, 2.75) is 11.8 Å². The smallest absolute Gasteiger partial charge is 0.264 e. The Labute approximate surface area is 182 Å². The predicted octanol–water partition coefficient (Wildman–Crippen LogP) is 4.64. The molecule has 0 atom stereocenters. The zero-order chi connectivity index (χ0) is 22.4. The quantitative estimate of drug-likeness (QED) is 0.522. The van der Waals surface area contributed by atoms with Gasteiger partial charge in [-0.2, -0.15) is 0 Å². The van der Waals surface area contributed by atoms with E-state index in [1.54, 1.807) is 60.7 Å². The van der Waals surface area contributed by atoms with Gasteiger partial charge in [0.05, 0.1) is 29.9 Å². The third-order valence-electron chi connectivity index (χ3n) is 4.65. The van der Waals surface area contributed by atoms with Crippen molar-refractivity contribution in [1.29, 1.82) is 0 Å². The minimum absolute atomic E-state index is 0.100. The SMILES string of the molecule is C=CCN(c1ccc(C(=O)Nc2cc(C)ccc2OC)cc1)S(=O)(=O)c1ccccc1. The third-order valence-corrected chi connectivity index (χ3v) is 6.45. The highest BCUT2D eigenvalue weighted by atomic mass is 32.2. The van der Waals surface area contributed by atoms with Crippen LogP contribution in [0.4, 0.5) is 11.4 Å². The predicted molar refractivity (Wildman–Crippen MR) is 123 cm³/mol. The summed E-state index contributed by atoms with van der Waals surface area (Å²) in [6, 6.07) is 20.1. The number of anilines is 2. The Kier molecular flexibility index (Phi) is 6.77. The molecule has 7 heteroatoms. The van der Waals surface area contributed by atoms with E-state index >= 15 is 0 Å². The highest BCUT2D eigenvalue weighted by Crippen LogP contribution is 2.27. The van der Waals surface area contributed by atoms with Crippen LogP contribution in [0.15, 0.2) is 90.3 Å². The molecule has 0 fully saturated rings. The molecular formula is C24H24N2O4S. The molecule has 3 rings (SSSR count). The first kappa shape index (κ1) is 22.1. The molecule has 160 valence electrons. The minimum Gasteiger partial charge on any atom is -0.495 e. The zero-order valence-corrected chi connectivity index (χ0v) is 18.2. The van der Waals surface area contributed by atoms with Gasteiger partial charge in [-0.3, -0.25) is 9.10 Å². The molecular weight excluding hydrogens is 412 g/mol. The summed E-state index contributed by atoms with van der Waals surface area (Å²) in [5.74, 6) is 0.235. The molecule has 0 bridgehead atoms. The molecule has 1 amide bonds. The van der Waals surface area contributed by atoms with Gasteiger partial charge in [-0.25, -0.2) is 8.42 Å². The van der Waals surface area contributed by atoms with Crippen LogP contribution in [-0.2, 0) is 10.0 Å². The normalized spacial score (nSPS) is 10.9. The molecule has 0 aliphatic rings. The molecule has 0 aliphatic carbocycles. The van der Waals surface area contributed by atoms with Gasteiger partial charge >= 0.3 is 0 Å². The lowest BCUT2D eigenvalue weighted by Gasteiger charge is -2.23. The second kappa shape index (κ2) is 9.49. The summed E-state index contributed by atoms with van der Waals surface area (Å²) >= 11 is 0. The number of ether oxygens (including phenoxy) is 1. The van der Waals surface area contributed by atoms with Gasteiger partial charge in [-0.15, -0.1) is 6.58 Å². The van der Waals surface area contributed by atoms with Gasteiger partial charge in [-0.1, -0.05) is 30.3 Å². The summed E-state index contributed by atoms with van der Waals surface area (Å²) in [7, 11) is -2.23. The monoisotopic (exact) mass is 436 g/mol. The van der Waals surface area contributed by atoms with E-state index < -0.39 is 10.0 Å². The fourth-order valence-corrected chi connectivity index (χ4v) is 4.53. The maximum Gasteiger partial charge on any atom is 0.264 e. The summed E-state index contributed by atoms with van der Waals surface area (Å²) in [5, 5.41) is 2.84. The van der Waals surface area contributed by atoms with E-state index in [4.69, 9.17) is 4.74 Å². The average Bonchev–Trinajstić information content (AvgIpc) is 2.78. The summed E-state index contributed by atoms with van der Waals surface area (Å²) in [6.07, 6.45) is 1.52. The van der Waals surface area contributed by atoms with E-state index in [9.17, 15) is 13.2 Å². The maximum absolute atomic E-state index is 13.1. The molecule has 3 aromatic carbocycles. The number of sulfonamides is 1. The first-order valence-corrected chi connectivity index (χ1v) is 11.1. The standard InChI is InChI=1S/C24H24N2O4S/c1-4-16-26(31(28,29)21-8-6-5-7-9-21)20-13-11-19(12-14-20)24(27)25-22-17-18(2)10-15-23(22)30-3/h4-15,17H,1,16H2,2-3H3,(H,25,27). The molecule has 0 radical (unpaired) electrons. The van der Waals surface area contributed by atoms with Gasteiger partial charge in [0, 0.05) is 5.56 Å². The molecule has 3 aromatic rings. The highest BCUT2D eigenvalue weighted by molar-refractivity contribution is 7.92. The molecule has 1 N–H and O–H groups in total. The van der Waals surface area contributed by atoms with Gasteiger partial charge in [0.1, 0.15) is 5.75 Å². The molecule has 0 saturated heterocycles. The second-order valence-electron chi connectivity index (χ2n) is 6.84. The van der Waals surface area contributed by atoms with Crippen LogP contribution in [0.25, 0.3) is 0 Å². The number of carbonyl (C=O) groups excluding carboxylic acids is 1. The van der Waals surface area contributed by atoms with Gasteiger partial charge in [-0.05, 0) is 61.0 Å². The Morgan fingerprint density at radius 3 is 2.35 bits per heavy atom. The van der Waals surface area contributed by atoms with Crippen LogP contribution < -0.4 is 14.4 Å². The number of aryl methyl sites for hydroxylation is 1. The molecule has 6 nitrogen and oxygen atoms in total. The van der Waals surface area contributed by atoms with E-state index in [2.05, 4.69) is 11.9 Å². The summed E-state index contributed by atoms with van der Waals surface area (Å²) in [6.45, 7) is 5.69. The van der Waals surface area contributed by atoms with E-state index in [1.807, 2.05) is 19.1 Å². The maximum atomic E-state index is 13.1. The Morgan fingerprint density at radius 2 is 1.74 bits per heavy atom. The largest absolute Gasteiger partial charge is 0.495 e. The van der Waals surface area contributed by atoms with Crippen molar-refractivity contribution in [1.82, 2.24) is 0 Å². The first-order chi connectivity index (χ1) is 14.9. The van der Waals surface area contributed by atoms with E-state index in [0.717, 1.165) is 5.56 Å². The van der Waals surface area contributed by atoms with Crippen LogP contribution >= 0.6 is 0 Å². The molecule has 0 spiro atoms. The zero-order valence-electron chi connectivity index (χ0n) is 17.4. The molecule has 0 unspecified atom stereocenters. The van der Waals surface area contributed by atoms with Crippen molar-refractivity contribution in [3.63, 3.8) is 0 Å². The van der Waals surface area contributed by atoms with Crippen LogP contribution in [0, 0.1) is 6.92 Å². The lowest BCUT2D eigenvalue weighted by atomic mass is 10.1. The number of carbonyl (C=O) groups is 1. The molecule has 0 heterocycles. The van der Waals surface area contributed by atoms with Crippen molar-refractivity contribution >= 4 is 27.3 Å². The van der Waals surface area contributed by atoms with Gasteiger partial charge in [0.15, 0.2) is 0 Å². The van der Waals surface area contributed by atoms with Gasteiger partial charge < -0.3 is 10.1 Å². The van der Waals surface area contributed by atoms with Crippen LogP contribution in [0.1, 0.15) is 15.9 Å². The van der Waals surface area contributed by atoms with Gasteiger partial charge in [0.25, 0.3) is 15.9 Å². The van der Waals surface area contributed by atoms with Crippen molar-refractivity contribution in [3.8, 4) is 5.75 Å². The van der Waals surface area contributed by atoms with Gasteiger partial charge in [0.2, 0.25) is 0 Å². The Morgan fingerprint density at radius 1 is 1.06 bits per heavy atom. The number of nitrogens with one attached hydrogen (secondary N) is 1. The highest BCUT2D eigenvalue weighted by Gasteiger charge is 2.24. The van der Waals surface area contributed by atoms with Crippen molar-refractivity contribution in [2.24, 2.45) is 0 Å². The van der Waals surface area contributed by atoms with Crippen LogP contribution in [-0.4, -0.2) is 28.0 Å². The Bertz CT molecular complexity index is 1170. The number of nitrogens with zero attached hydrogens (tertiary/aromatic N) is 1. The lowest BCUT2D eigenvalue weighted by Crippen LogP contribution is -2.31. The third kappa shape index (κ3) is 4.95. The number of rotatable bonds is 8. The van der Waals surface area contributed by atoms with Crippen molar-refractivity contribution in [3.05, 3.63) is 96.6 Å². The molecule has 0 aromatic heterocycles. The topological polar surface area (TPSA) is 75.7 Å². The number of benzene rings is 3. The summed E-state index contributed by atoms with van der Waals surface area (Å²) < 4.78 is 32.7. The van der Waals surface area contributed by atoms with E-state index in [-0.39, 0.29) is 17.3 Å². The summed E-state index contributed by atoms with van der Waals surface area (Å²) in [5.41, 5.74) is 2.38. The number of amides is 1. The first-order valence-electron chi connectivity index (χ1n) is 9.61. The number of hydrogen-bond acceptors (Lipinski definition) is 4. The average molecular weight is 437 g/mol. The summed E-state index contributed by atoms with van der Waals surface area (Å²) in [4.78, 5) is 12.9. The fraction of sp³-hybridized carbons (Fsp3) is 0.125. The van der Waals surface area contributed by atoms with Crippen LogP contribution in [0.5, 0.6) is 5.75 Å². The Hall–Kier alpha value is -3.58. The lowest BCUT2D eigenvalue weighted by molar-refractivity contribution is 0.102. The van der Waals surface area contributed by atoms with E-state index in [0.29, 0.717) is 22.7 Å². The van der Waals surface area contributed by atoms with E-state index in [1.165, 1.54) is 17.5 Å². The number of methoxy groups -OCH3 is 1. The number of hydrogen-bond donors (Lipinski definition) is 1. The van der Waals surface area contributed by atoms with Crippen molar-refractivity contribution < 1.29 is 17.9 Å². The minimum atomic E-state index is -3.77. The molecule has 0 aliphatic heterocycles. The van der Waals surface area contributed by atoms with Crippen LogP contribution in [0.3, 0.4) is 0 Å². The second-order valence-corrected chi connectivity index (χ2v) is 8.70. The van der Waals surface area contributed by atoms with Crippen molar-refractivity contribution in [2.75, 3.05) is 23.3 Å².